The van der Waals surface area contributed by atoms with Crippen LogP contribution in [-0.4, -0.2) is 35.4 Å². The van der Waals surface area contributed by atoms with Crippen LogP contribution in [0.5, 0.6) is 0 Å². The van der Waals surface area contributed by atoms with E-state index in [1.807, 2.05) is 42.9 Å². The molecule has 4 rings (SSSR count). The lowest BCUT2D eigenvalue weighted by Crippen LogP contribution is -2.16. The molecule has 136 valence electrons. The van der Waals surface area contributed by atoms with Crippen molar-refractivity contribution in [1.82, 2.24) is 9.61 Å². The highest BCUT2D eigenvalue weighted by molar-refractivity contribution is 5.92. The van der Waals surface area contributed by atoms with Crippen molar-refractivity contribution in [2.45, 2.75) is 32.6 Å². The van der Waals surface area contributed by atoms with Gasteiger partial charge >= 0.3 is 5.97 Å². The molecule has 1 aliphatic rings. The van der Waals surface area contributed by atoms with Gasteiger partial charge in [-0.3, -0.25) is 0 Å². The molecule has 0 aliphatic carbocycles. The summed E-state index contributed by atoms with van der Waals surface area (Å²) in [5.41, 5.74) is 3.56. The Morgan fingerprint density at radius 3 is 2.92 bits per heavy atom. The number of esters is 1. The van der Waals surface area contributed by atoms with Gasteiger partial charge in [-0.2, -0.15) is 5.10 Å². The van der Waals surface area contributed by atoms with Gasteiger partial charge in [-0.25, -0.2) is 9.31 Å². The van der Waals surface area contributed by atoms with E-state index in [0.29, 0.717) is 36.9 Å². The maximum atomic E-state index is 12.5. The van der Waals surface area contributed by atoms with Gasteiger partial charge in [-0.1, -0.05) is 0 Å². The molecule has 3 aromatic rings. The van der Waals surface area contributed by atoms with Gasteiger partial charge < -0.3 is 13.9 Å². The molecule has 4 heterocycles. The number of pyridine rings is 1. The summed E-state index contributed by atoms with van der Waals surface area (Å²) in [5, 5.41) is 4.30. The molecule has 0 radical (unpaired) electrons. The quantitative estimate of drug-likeness (QED) is 0.663. The van der Waals surface area contributed by atoms with Crippen molar-refractivity contribution in [3.8, 4) is 11.3 Å². The maximum absolute atomic E-state index is 12.5. The first-order chi connectivity index (χ1) is 12.7. The van der Waals surface area contributed by atoms with Crippen LogP contribution in [0.3, 0.4) is 0 Å². The van der Waals surface area contributed by atoms with E-state index in [0.717, 1.165) is 29.5 Å². The Morgan fingerprint density at radius 1 is 1.35 bits per heavy atom. The number of fused-ring (bicyclic) bond motifs is 1. The van der Waals surface area contributed by atoms with Crippen LogP contribution < -0.4 is 0 Å². The van der Waals surface area contributed by atoms with E-state index < -0.39 is 0 Å². The Labute approximate surface area is 151 Å². The number of aryl methyl sites for hydroxylation is 1. The van der Waals surface area contributed by atoms with Gasteiger partial charge in [-0.15, -0.1) is 0 Å². The summed E-state index contributed by atoms with van der Waals surface area (Å²) in [5.74, 6) is 1.24. The number of furan rings is 1. The maximum Gasteiger partial charge on any atom is 0.341 e. The highest BCUT2D eigenvalue weighted by atomic mass is 16.5. The van der Waals surface area contributed by atoms with E-state index in [4.69, 9.17) is 13.9 Å². The minimum Gasteiger partial charge on any atom is -0.462 e. The Bertz CT molecular complexity index is 935. The fraction of sp³-hybridized carbons (Fsp3) is 0.400. The summed E-state index contributed by atoms with van der Waals surface area (Å²) in [6, 6.07) is 5.78. The Kier molecular flexibility index (Phi) is 4.51. The normalized spacial score (nSPS) is 15.5. The summed E-state index contributed by atoms with van der Waals surface area (Å²) < 4.78 is 18.7. The van der Waals surface area contributed by atoms with Crippen molar-refractivity contribution < 1.29 is 18.7 Å². The van der Waals surface area contributed by atoms with Gasteiger partial charge in [-0.05, 0) is 50.5 Å². The minimum absolute atomic E-state index is 0.178. The van der Waals surface area contributed by atoms with Crippen molar-refractivity contribution in [3.63, 3.8) is 0 Å². The molecule has 1 fully saturated rings. The Balaban J connectivity index is 1.77. The van der Waals surface area contributed by atoms with Crippen LogP contribution in [0.25, 0.3) is 16.8 Å². The first-order valence-electron chi connectivity index (χ1n) is 9.00. The van der Waals surface area contributed by atoms with Gasteiger partial charge in [0.2, 0.25) is 0 Å². The molecule has 0 amide bonds. The number of ether oxygens (including phenoxy) is 2. The zero-order valence-corrected chi connectivity index (χ0v) is 15.0. The summed E-state index contributed by atoms with van der Waals surface area (Å²) in [4.78, 5) is 12.5. The standard InChI is InChI=1S/C20H22N2O4/c1-3-25-20(23)16-11-18(26-19(16)14-5-8-24-9-6-14)15-4-7-22-17(10-15)13(2)12-21-22/h4,7,10-12,14H,3,5-6,8-9H2,1-2H3. The van der Waals surface area contributed by atoms with Crippen molar-refractivity contribution in [1.29, 1.82) is 0 Å². The molecule has 0 atom stereocenters. The van der Waals surface area contributed by atoms with Crippen LogP contribution in [0.2, 0.25) is 0 Å². The zero-order chi connectivity index (χ0) is 18.1. The van der Waals surface area contributed by atoms with E-state index in [1.165, 1.54) is 0 Å². The monoisotopic (exact) mass is 354 g/mol. The van der Waals surface area contributed by atoms with Gasteiger partial charge in [0.05, 0.1) is 18.3 Å². The smallest absolute Gasteiger partial charge is 0.341 e. The molecule has 0 unspecified atom stereocenters. The van der Waals surface area contributed by atoms with E-state index in [2.05, 4.69) is 5.10 Å². The highest BCUT2D eigenvalue weighted by Crippen LogP contribution is 2.36. The average molecular weight is 354 g/mol. The number of hydrogen-bond donors (Lipinski definition) is 0. The minimum atomic E-state index is -0.328. The first kappa shape index (κ1) is 16.8. The molecule has 0 spiro atoms. The third-order valence-corrected chi connectivity index (χ3v) is 4.85. The van der Waals surface area contributed by atoms with Crippen LogP contribution in [0.15, 0.2) is 35.0 Å². The molecule has 0 N–H and O–H groups in total. The molecule has 0 saturated carbocycles. The summed E-state index contributed by atoms with van der Waals surface area (Å²) in [6.45, 7) is 5.54. The van der Waals surface area contributed by atoms with E-state index >= 15 is 0 Å². The lowest BCUT2D eigenvalue weighted by Gasteiger charge is -2.20. The van der Waals surface area contributed by atoms with Crippen molar-refractivity contribution >= 4 is 11.5 Å². The zero-order valence-electron chi connectivity index (χ0n) is 15.0. The van der Waals surface area contributed by atoms with Gasteiger partial charge in [0.15, 0.2) is 0 Å². The molecule has 1 aliphatic heterocycles. The number of carbonyl (C=O) groups excluding carboxylic acids is 1. The molecule has 6 nitrogen and oxygen atoms in total. The number of nitrogens with zero attached hydrogens (tertiary/aromatic N) is 2. The lowest BCUT2D eigenvalue weighted by atomic mass is 9.95. The number of carbonyl (C=O) groups is 1. The lowest BCUT2D eigenvalue weighted by molar-refractivity contribution is 0.0515. The second-order valence-corrected chi connectivity index (χ2v) is 6.57. The molecule has 0 bridgehead atoms. The molecule has 26 heavy (non-hydrogen) atoms. The van der Waals surface area contributed by atoms with Crippen LogP contribution in [0, 0.1) is 6.92 Å². The Morgan fingerprint density at radius 2 is 2.15 bits per heavy atom. The third-order valence-electron chi connectivity index (χ3n) is 4.85. The van der Waals surface area contributed by atoms with E-state index in [1.54, 1.807) is 6.07 Å². The molecule has 3 aromatic heterocycles. The highest BCUT2D eigenvalue weighted by Gasteiger charge is 2.28. The summed E-state index contributed by atoms with van der Waals surface area (Å²) in [6.07, 6.45) is 5.43. The predicted molar refractivity (Wildman–Crippen MR) is 96.4 cm³/mol. The van der Waals surface area contributed by atoms with E-state index in [-0.39, 0.29) is 11.9 Å². The Hall–Kier alpha value is -2.60. The topological polar surface area (TPSA) is 66.0 Å². The number of aromatic nitrogens is 2. The summed E-state index contributed by atoms with van der Waals surface area (Å²) >= 11 is 0. The molecular formula is C20H22N2O4. The largest absolute Gasteiger partial charge is 0.462 e. The van der Waals surface area contributed by atoms with Crippen LogP contribution in [-0.2, 0) is 9.47 Å². The fourth-order valence-electron chi connectivity index (χ4n) is 3.43. The van der Waals surface area contributed by atoms with Gasteiger partial charge in [0.25, 0.3) is 0 Å². The second-order valence-electron chi connectivity index (χ2n) is 6.57. The molecule has 1 saturated heterocycles. The van der Waals surface area contributed by atoms with Crippen molar-refractivity contribution in [2.75, 3.05) is 19.8 Å². The fourth-order valence-corrected chi connectivity index (χ4v) is 3.43. The predicted octanol–water partition coefficient (Wildman–Crippen LogP) is 3.97. The average Bonchev–Trinajstić information content (AvgIpc) is 3.27. The first-order valence-corrected chi connectivity index (χ1v) is 9.00. The van der Waals surface area contributed by atoms with Crippen molar-refractivity contribution in [2.24, 2.45) is 0 Å². The van der Waals surface area contributed by atoms with E-state index in [9.17, 15) is 4.79 Å². The number of hydrogen-bond acceptors (Lipinski definition) is 5. The van der Waals surface area contributed by atoms with Crippen LogP contribution in [0.4, 0.5) is 0 Å². The third kappa shape index (κ3) is 3.01. The van der Waals surface area contributed by atoms with Gasteiger partial charge in [0, 0.05) is 30.9 Å². The SMILES string of the molecule is CCOC(=O)c1cc(-c2ccn3ncc(C)c3c2)oc1C1CCOCC1. The van der Waals surface area contributed by atoms with Crippen LogP contribution in [0.1, 0.15) is 47.4 Å². The molecule has 6 heteroatoms. The second kappa shape index (κ2) is 6.96. The number of rotatable bonds is 4. The van der Waals surface area contributed by atoms with Gasteiger partial charge in [0.1, 0.15) is 17.1 Å². The van der Waals surface area contributed by atoms with Crippen LogP contribution >= 0.6 is 0 Å². The molecule has 0 aromatic carbocycles. The molecular weight excluding hydrogens is 332 g/mol. The summed E-state index contributed by atoms with van der Waals surface area (Å²) in [7, 11) is 0. The van der Waals surface area contributed by atoms with Crippen molar-refractivity contribution in [3.05, 3.63) is 47.5 Å².